The summed E-state index contributed by atoms with van der Waals surface area (Å²) in [6.45, 7) is 1.78. The van der Waals surface area contributed by atoms with Gasteiger partial charge in [0.15, 0.2) is 0 Å². The van der Waals surface area contributed by atoms with Gasteiger partial charge in [0, 0.05) is 11.7 Å². The van der Waals surface area contributed by atoms with E-state index in [2.05, 4.69) is 21.2 Å². The Bertz CT molecular complexity index is 479. The quantitative estimate of drug-likeness (QED) is 0.699. The summed E-state index contributed by atoms with van der Waals surface area (Å²) in [7, 11) is 0. The number of nitrogens with one attached hydrogen (secondary N) is 1. The normalized spacial score (nSPS) is 23.7. The Hall–Kier alpha value is -0.780. The molecule has 0 atom stereocenters. The third kappa shape index (κ3) is 3.65. The van der Waals surface area contributed by atoms with Crippen molar-refractivity contribution in [3.63, 3.8) is 0 Å². The molecule has 2 rings (SSSR count). The first kappa shape index (κ1) is 15.6. The van der Waals surface area contributed by atoms with Gasteiger partial charge in [-0.15, -0.1) is 0 Å². The molecule has 0 heterocycles. The molecule has 1 fully saturated rings. The van der Waals surface area contributed by atoms with E-state index >= 15 is 0 Å². The average Bonchev–Trinajstić information content (AvgIpc) is 2.35. The van der Waals surface area contributed by atoms with Crippen LogP contribution in [0.4, 0.5) is 23.2 Å². The maximum Gasteiger partial charge on any atom is 0.391 e. The minimum atomic E-state index is -4.08. The fraction of sp³-hybridized carbons (Fsp3) is 0.571. The molecule has 0 radical (unpaired) electrons. The Kier molecular flexibility index (Phi) is 4.62. The van der Waals surface area contributed by atoms with E-state index in [0.717, 1.165) is 11.3 Å². The summed E-state index contributed by atoms with van der Waals surface area (Å²) in [4.78, 5) is 0. The number of alkyl halides is 3. The van der Waals surface area contributed by atoms with E-state index in [-0.39, 0.29) is 24.7 Å². The zero-order valence-corrected chi connectivity index (χ0v) is 12.6. The molecule has 0 bridgehead atoms. The molecule has 0 aliphatic heterocycles. The largest absolute Gasteiger partial charge is 0.391 e. The van der Waals surface area contributed by atoms with Gasteiger partial charge < -0.3 is 5.32 Å². The van der Waals surface area contributed by atoms with Gasteiger partial charge in [-0.25, -0.2) is 4.39 Å². The fourth-order valence-electron chi connectivity index (χ4n) is 2.59. The summed E-state index contributed by atoms with van der Waals surface area (Å²) in [5.74, 6) is -1.52. The van der Waals surface area contributed by atoms with Gasteiger partial charge in [-0.2, -0.15) is 13.2 Å². The third-order valence-electron chi connectivity index (χ3n) is 3.82. The molecule has 1 N–H and O–H groups in total. The van der Waals surface area contributed by atoms with E-state index in [0.29, 0.717) is 17.3 Å². The molecule has 0 amide bonds. The molecule has 20 heavy (non-hydrogen) atoms. The smallest absolute Gasteiger partial charge is 0.382 e. The van der Waals surface area contributed by atoms with E-state index in [4.69, 9.17) is 0 Å². The molecule has 1 nitrogen and oxygen atoms in total. The number of hydrogen-bond donors (Lipinski definition) is 1. The monoisotopic (exact) mass is 353 g/mol. The van der Waals surface area contributed by atoms with Crippen molar-refractivity contribution in [1.82, 2.24) is 0 Å². The van der Waals surface area contributed by atoms with Crippen LogP contribution >= 0.6 is 15.9 Å². The van der Waals surface area contributed by atoms with Crippen LogP contribution in [0.3, 0.4) is 0 Å². The minimum Gasteiger partial charge on any atom is -0.382 e. The SMILES string of the molecule is Cc1cc(F)c(Br)cc1NC1CCC(C(F)(F)F)CC1. The molecule has 0 saturated heterocycles. The zero-order valence-electron chi connectivity index (χ0n) is 11.0. The van der Waals surface area contributed by atoms with Crippen molar-refractivity contribution in [2.24, 2.45) is 5.92 Å². The predicted octanol–water partition coefficient (Wildman–Crippen LogP) is 5.43. The van der Waals surface area contributed by atoms with Gasteiger partial charge in [-0.1, -0.05) is 0 Å². The lowest BCUT2D eigenvalue weighted by Gasteiger charge is -2.31. The topological polar surface area (TPSA) is 12.0 Å². The lowest BCUT2D eigenvalue weighted by Crippen LogP contribution is -2.33. The van der Waals surface area contributed by atoms with Gasteiger partial charge in [-0.3, -0.25) is 0 Å². The summed E-state index contributed by atoms with van der Waals surface area (Å²) in [6, 6.07) is 3.07. The zero-order chi connectivity index (χ0) is 14.9. The lowest BCUT2D eigenvalue weighted by atomic mass is 9.85. The second-order valence-corrected chi connectivity index (χ2v) is 6.17. The Morgan fingerprint density at radius 3 is 2.30 bits per heavy atom. The summed E-state index contributed by atoms with van der Waals surface area (Å²) < 4.78 is 51.4. The van der Waals surface area contributed by atoms with Crippen molar-refractivity contribution in [1.29, 1.82) is 0 Å². The Morgan fingerprint density at radius 1 is 1.15 bits per heavy atom. The van der Waals surface area contributed by atoms with Crippen molar-refractivity contribution < 1.29 is 17.6 Å². The first-order chi connectivity index (χ1) is 9.27. The van der Waals surface area contributed by atoms with Crippen molar-refractivity contribution in [2.45, 2.75) is 44.8 Å². The number of rotatable bonds is 2. The van der Waals surface area contributed by atoms with Gasteiger partial charge in [-0.05, 0) is 66.2 Å². The molecular formula is C14H16BrF4N. The second kappa shape index (κ2) is 5.92. The Balaban J connectivity index is 1.98. The highest BCUT2D eigenvalue weighted by Gasteiger charge is 2.41. The van der Waals surface area contributed by atoms with E-state index < -0.39 is 12.1 Å². The first-order valence-electron chi connectivity index (χ1n) is 6.56. The maximum absolute atomic E-state index is 13.3. The van der Waals surface area contributed by atoms with Crippen LogP contribution in [0, 0.1) is 18.7 Å². The van der Waals surface area contributed by atoms with Gasteiger partial charge in [0.1, 0.15) is 5.82 Å². The molecule has 1 saturated carbocycles. The van der Waals surface area contributed by atoms with Crippen LogP contribution in [-0.2, 0) is 0 Å². The highest BCUT2D eigenvalue weighted by molar-refractivity contribution is 9.10. The summed E-state index contributed by atoms with van der Waals surface area (Å²) >= 11 is 3.12. The Morgan fingerprint density at radius 2 is 1.75 bits per heavy atom. The summed E-state index contributed by atoms with van der Waals surface area (Å²) in [6.07, 6.45) is -2.80. The van der Waals surface area contributed by atoms with Gasteiger partial charge in [0.25, 0.3) is 0 Å². The molecule has 1 aliphatic carbocycles. The predicted molar refractivity (Wildman–Crippen MR) is 74.3 cm³/mol. The van der Waals surface area contributed by atoms with Crippen LogP contribution in [0.2, 0.25) is 0 Å². The van der Waals surface area contributed by atoms with E-state index in [9.17, 15) is 17.6 Å². The molecule has 1 aromatic carbocycles. The molecular weight excluding hydrogens is 338 g/mol. The molecule has 0 unspecified atom stereocenters. The average molecular weight is 354 g/mol. The highest BCUT2D eigenvalue weighted by atomic mass is 79.9. The van der Waals surface area contributed by atoms with Crippen LogP contribution in [-0.4, -0.2) is 12.2 Å². The van der Waals surface area contributed by atoms with Crippen molar-refractivity contribution in [3.8, 4) is 0 Å². The highest BCUT2D eigenvalue weighted by Crippen LogP contribution is 2.38. The van der Waals surface area contributed by atoms with Crippen LogP contribution in [0.5, 0.6) is 0 Å². The molecule has 0 spiro atoms. The molecule has 6 heteroatoms. The van der Waals surface area contributed by atoms with Crippen LogP contribution in [0.25, 0.3) is 0 Å². The first-order valence-corrected chi connectivity index (χ1v) is 7.35. The molecule has 112 valence electrons. The lowest BCUT2D eigenvalue weighted by molar-refractivity contribution is -0.182. The van der Waals surface area contributed by atoms with E-state index in [1.807, 2.05) is 0 Å². The number of halogens is 5. The van der Waals surface area contributed by atoms with Crippen LogP contribution in [0.1, 0.15) is 31.2 Å². The summed E-state index contributed by atoms with van der Waals surface area (Å²) in [5.41, 5.74) is 1.53. The summed E-state index contributed by atoms with van der Waals surface area (Å²) in [5, 5.41) is 3.23. The van der Waals surface area contributed by atoms with Crippen molar-refractivity contribution >= 4 is 21.6 Å². The number of hydrogen-bond acceptors (Lipinski definition) is 1. The van der Waals surface area contributed by atoms with Gasteiger partial charge in [0.05, 0.1) is 10.4 Å². The Labute approximate surface area is 123 Å². The number of aryl methyl sites for hydroxylation is 1. The molecule has 1 aliphatic rings. The van der Waals surface area contributed by atoms with Crippen molar-refractivity contribution in [2.75, 3.05) is 5.32 Å². The number of anilines is 1. The second-order valence-electron chi connectivity index (χ2n) is 5.32. The number of benzene rings is 1. The van der Waals surface area contributed by atoms with E-state index in [1.165, 1.54) is 6.07 Å². The molecule has 1 aromatic rings. The third-order valence-corrected chi connectivity index (χ3v) is 4.42. The van der Waals surface area contributed by atoms with Gasteiger partial charge >= 0.3 is 6.18 Å². The van der Waals surface area contributed by atoms with Crippen molar-refractivity contribution in [3.05, 3.63) is 28.0 Å². The van der Waals surface area contributed by atoms with Crippen LogP contribution < -0.4 is 5.32 Å². The molecule has 0 aromatic heterocycles. The maximum atomic E-state index is 13.3. The van der Waals surface area contributed by atoms with Gasteiger partial charge in [0.2, 0.25) is 0 Å². The fourth-order valence-corrected chi connectivity index (χ4v) is 2.93. The minimum absolute atomic E-state index is 0.0182. The standard InChI is InChI=1S/C14H16BrF4N/c1-8-6-12(16)11(15)7-13(8)20-10-4-2-9(3-5-10)14(17,18)19/h6-7,9-10,20H,2-5H2,1H3. The van der Waals surface area contributed by atoms with Crippen LogP contribution in [0.15, 0.2) is 16.6 Å². The van der Waals surface area contributed by atoms with E-state index in [1.54, 1.807) is 13.0 Å².